The topological polar surface area (TPSA) is 58.6 Å². The molecule has 0 bridgehead atoms. The zero-order valence-corrected chi connectivity index (χ0v) is 15.4. The van der Waals surface area contributed by atoms with Gasteiger partial charge in [0, 0.05) is 13.1 Å². The summed E-state index contributed by atoms with van der Waals surface area (Å²) in [6.07, 6.45) is -4.81. The number of hydrogen-bond donors (Lipinski definition) is 1. The van der Waals surface area contributed by atoms with Crippen LogP contribution in [-0.4, -0.2) is 46.9 Å². The number of alkyl halides is 3. The van der Waals surface area contributed by atoms with Gasteiger partial charge in [-0.3, -0.25) is 0 Å². The number of benzene rings is 1. The molecule has 24 heavy (non-hydrogen) atoms. The summed E-state index contributed by atoms with van der Waals surface area (Å²) in [6.45, 7) is 4.70. The lowest BCUT2D eigenvalue weighted by Crippen LogP contribution is -3.00. The van der Waals surface area contributed by atoms with Gasteiger partial charge in [0.15, 0.2) is 0 Å². The summed E-state index contributed by atoms with van der Waals surface area (Å²) >= 11 is 0. The van der Waals surface area contributed by atoms with Crippen LogP contribution in [-0.2, 0) is 10.0 Å². The van der Waals surface area contributed by atoms with Crippen LogP contribution in [0.4, 0.5) is 13.2 Å². The first-order chi connectivity index (χ1) is 10.3. The van der Waals surface area contributed by atoms with Gasteiger partial charge in [0.05, 0.1) is 4.90 Å². The highest BCUT2D eigenvalue weighted by atomic mass is 35.5. The lowest BCUT2D eigenvalue weighted by molar-refractivity contribution is -0.274. The monoisotopic (exact) mass is 389 g/mol. The van der Waals surface area contributed by atoms with E-state index >= 15 is 0 Å². The minimum absolute atomic E-state index is 0. The molecule has 1 rings (SSSR count). The SMILES string of the molecule is CN(C)CC(C)(C)CNS(=O)(=O)c1ccc(OC(F)(F)F)cc1.[Cl-]. The Kier molecular flexibility index (Phi) is 8.01. The van der Waals surface area contributed by atoms with Crippen molar-refractivity contribution in [3.05, 3.63) is 24.3 Å². The van der Waals surface area contributed by atoms with Crippen LogP contribution in [0.25, 0.3) is 0 Å². The molecule has 140 valence electrons. The molecule has 0 fully saturated rings. The molecule has 0 radical (unpaired) electrons. The van der Waals surface area contributed by atoms with Crippen molar-refractivity contribution in [3.63, 3.8) is 0 Å². The summed E-state index contributed by atoms with van der Waals surface area (Å²) in [7, 11) is -0.0259. The summed E-state index contributed by atoms with van der Waals surface area (Å²) in [6, 6.07) is 4.07. The van der Waals surface area contributed by atoms with Crippen molar-refractivity contribution in [2.75, 3.05) is 27.2 Å². The third-order valence-electron chi connectivity index (χ3n) is 2.85. The van der Waals surface area contributed by atoms with Gasteiger partial charge in [-0.1, -0.05) is 13.8 Å². The van der Waals surface area contributed by atoms with Crippen LogP contribution < -0.4 is 21.9 Å². The van der Waals surface area contributed by atoms with Gasteiger partial charge in [0.25, 0.3) is 0 Å². The van der Waals surface area contributed by atoms with Crippen molar-refractivity contribution >= 4 is 10.0 Å². The largest absolute Gasteiger partial charge is 1.00 e. The fourth-order valence-corrected chi connectivity index (χ4v) is 3.35. The van der Waals surface area contributed by atoms with Gasteiger partial charge < -0.3 is 22.0 Å². The molecule has 0 aliphatic heterocycles. The molecule has 1 aromatic rings. The zero-order valence-electron chi connectivity index (χ0n) is 13.8. The second-order valence-corrected chi connectivity index (χ2v) is 8.01. The molecule has 0 aromatic heterocycles. The van der Waals surface area contributed by atoms with Gasteiger partial charge in [-0.15, -0.1) is 13.2 Å². The maximum atomic E-state index is 12.2. The Morgan fingerprint density at radius 3 is 2.04 bits per heavy atom. The average Bonchev–Trinajstić information content (AvgIpc) is 2.34. The highest BCUT2D eigenvalue weighted by Crippen LogP contribution is 2.24. The Labute approximate surface area is 146 Å². The highest BCUT2D eigenvalue weighted by Gasteiger charge is 2.31. The summed E-state index contributed by atoms with van der Waals surface area (Å²) in [4.78, 5) is 1.82. The molecular weight excluding hydrogens is 369 g/mol. The number of ether oxygens (including phenoxy) is 1. The van der Waals surface area contributed by atoms with E-state index < -0.39 is 22.1 Å². The first-order valence-electron chi connectivity index (χ1n) is 6.81. The van der Waals surface area contributed by atoms with Gasteiger partial charge in [-0.25, -0.2) is 13.1 Å². The van der Waals surface area contributed by atoms with Crippen molar-refractivity contribution < 1.29 is 38.7 Å². The van der Waals surface area contributed by atoms with Gasteiger partial charge in [0.2, 0.25) is 10.0 Å². The minimum Gasteiger partial charge on any atom is -1.00 e. The fraction of sp³-hybridized carbons (Fsp3) is 0.571. The van der Waals surface area contributed by atoms with E-state index in [0.29, 0.717) is 6.54 Å². The molecule has 0 aliphatic rings. The van der Waals surface area contributed by atoms with E-state index in [-0.39, 0.29) is 29.3 Å². The first-order valence-corrected chi connectivity index (χ1v) is 8.29. The normalized spacial score (nSPS) is 12.8. The zero-order chi connectivity index (χ0) is 17.9. The number of halogens is 4. The van der Waals surface area contributed by atoms with E-state index in [2.05, 4.69) is 9.46 Å². The summed E-state index contributed by atoms with van der Waals surface area (Å²) < 4.78 is 66.8. The molecule has 0 amide bonds. The smallest absolute Gasteiger partial charge is 0.573 e. The Morgan fingerprint density at radius 2 is 1.62 bits per heavy atom. The molecule has 0 unspecified atom stereocenters. The molecule has 0 saturated heterocycles. The first kappa shape index (κ1) is 23.0. The predicted molar refractivity (Wildman–Crippen MR) is 80.6 cm³/mol. The van der Waals surface area contributed by atoms with E-state index in [0.717, 1.165) is 24.3 Å². The van der Waals surface area contributed by atoms with E-state index in [9.17, 15) is 21.6 Å². The molecule has 0 atom stereocenters. The van der Waals surface area contributed by atoms with Crippen LogP contribution >= 0.6 is 0 Å². The number of nitrogens with one attached hydrogen (secondary N) is 1. The van der Waals surface area contributed by atoms with Crippen molar-refractivity contribution in [2.45, 2.75) is 25.1 Å². The third-order valence-corrected chi connectivity index (χ3v) is 4.27. The molecule has 0 spiro atoms. The van der Waals surface area contributed by atoms with Crippen molar-refractivity contribution in [1.29, 1.82) is 0 Å². The van der Waals surface area contributed by atoms with Crippen molar-refractivity contribution in [1.82, 2.24) is 9.62 Å². The summed E-state index contributed by atoms with van der Waals surface area (Å²) in [5.41, 5.74) is -0.296. The van der Waals surface area contributed by atoms with Crippen LogP contribution in [0.1, 0.15) is 13.8 Å². The van der Waals surface area contributed by atoms with Gasteiger partial charge in [0.1, 0.15) is 5.75 Å². The maximum absolute atomic E-state index is 12.2. The predicted octanol–water partition coefficient (Wildman–Crippen LogP) is -0.545. The molecule has 0 saturated carbocycles. The van der Waals surface area contributed by atoms with E-state index in [4.69, 9.17) is 0 Å². The molecule has 5 nitrogen and oxygen atoms in total. The van der Waals surface area contributed by atoms with Crippen molar-refractivity contribution in [3.8, 4) is 5.75 Å². The average molecular weight is 390 g/mol. The van der Waals surface area contributed by atoms with Crippen LogP contribution in [0.3, 0.4) is 0 Å². The van der Waals surface area contributed by atoms with Gasteiger partial charge >= 0.3 is 6.36 Å². The Bertz CT molecular complexity index is 617. The standard InChI is InChI=1S/C14H21F3N2O3S.ClH/c1-13(2,10-19(3)4)9-18-23(20,21)12-7-5-11(6-8-12)22-14(15,16)17;/h5-8,18H,9-10H2,1-4H3;1H/p-1. The Hall–Kier alpha value is -1.03. The van der Waals surface area contributed by atoms with Crippen LogP contribution in [0.5, 0.6) is 5.75 Å². The lowest BCUT2D eigenvalue weighted by atomic mass is 9.93. The molecule has 1 aromatic carbocycles. The summed E-state index contributed by atoms with van der Waals surface area (Å²) in [5.74, 6) is -0.468. The maximum Gasteiger partial charge on any atom is 0.573 e. The van der Waals surface area contributed by atoms with E-state index in [1.807, 2.05) is 32.8 Å². The highest BCUT2D eigenvalue weighted by molar-refractivity contribution is 7.89. The lowest BCUT2D eigenvalue weighted by Gasteiger charge is -2.28. The molecule has 10 heteroatoms. The Balaban J connectivity index is 0.00000529. The number of hydrogen-bond acceptors (Lipinski definition) is 4. The van der Waals surface area contributed by atoms with E-state index in [1.165, 1.54) is 0 Å². The third kappa shape index (κ3) is 8.18. The van der Waals surface area contributed by atoms with Crippen molar-refractivity contribution in [2.24, 2.45) is 5.41 Å². The number of rotatable bonds is 7. The van der Waals surface area contributed by atoms with Crippen LogP contribution in [0.15, 0.2) is 29.2 Å². The Morgan fingerprint density at radius 1 is 1.12 bits per heavy atom. The van der Waals surface area contributed by atoms with Crippen LogP contribution in [0.2, 0.25) is 0 Å². The molecule has 0 heterocycles. The number of sulfonamides is 1. The van der Waals surface area contributed by atoms with Gasteiger partial charge in [-0.2, -0.15) is 0 Å². The molecular formula is C14H21ClF3N2O3S-. The second kappa shape index (κ2) is 8.37. The quantitative estimate of drug-likeness (QED) is 0.680. The second-order valence-electron chi connectivity index (χ2n) is 6.25. The minimum atomic E-state index is -4.81. The summed E-state index contributed by atoms with van der Waals surface area (Å²) in [5, 5.41) is 0. The molecule has 1 N–H and O–H groups in total. The molecule has 0 aliphatic carbocycles. The number of nitrogens with zero attached hydrogens (tertiary/aromatic N) is 1. The van der Waals surface area contributed by atoms with E-state index in [1.54, 1.807) is 0 Å². The van der Waals surface area contributed by atoms with Gasteiger partial charge in [-0.05, 0) is 43.8 Å². The van der Waals surface area contributed by atoms with Crippen LogP contribution in [0, 0.1) is 5.41 Å². The fourth-order valence-electron chi connectivity index (χ4n) is 2.11.